The van der Waals surface area contributed by atoms with Crippen LogP contribution in [0.1, 0.15) is 93.3 Å². The molecule has 6 fully saturated rings. The van der Waals surface area contributed by atoms with Gasteiger partial charge in [0.25, 0.3) is 17.7 Å². The molecule has 6 saturated heterocycles. The van der Waals surface area contributed by atoms with Crippen molar-refractivity contribution < 1.29 is 47.4 Å². The molecular formula is C93H100FN25O9. The van der Waals surface area contributed by atoms with Gasteiger partial charge < -0.3 is 75.5 Å². The number of fused-ring (bicyclic) bond motifs is 3. The van der Waals surface area contributed by atoms with Crippen molar-refractivity contribution in [1.82, 2.24) is 89.6 Å². The molecule has 0 radical (unpaired) electrons. The fourth-order valence-electron chi connectivity index (χ4n) is 16.8. The number of para-hydroxylation sites is 1. The minimum atomic E-state index is -0.626. The van der Waals surface area contributed by atoms with Crippen LogP contribution in [0.15, 0.2) is 201 Å². The Labute approximate surface area is 737 Å². The van der Waals surface area contributed by atoms with Crippen LogP contribution in [0.25, 0.3) is 67.3 Å². The molecule has 0 spiro atoms. The average Bonchev–Trinajstić information content (AvgIpc) is 1.60. The van der Waals surface area contributed by atoms with Crippen LogP contribution in [-0.2, 0) is 14.2 Å². The number of piperidine rings is 3. The Morgan fingerprint density at radius 2 is 0.727 bits per heavy atom. The number of pyridine rings is 1. The maximum atomic E-state index is 13.2. The smallest absolute Gasteiger partial charge is 0.323 e. The fourth-order valence-corrected chi connectivity index (χ4v) is 16.8. The number of likely N-dealkylation sites (tertiary alicyclic amines) is 3. The number of carbonyl (C=O) groups excluding carboxylic acids is 6. The molecule has 9 amide bonds. The topological polar surface area (TPSA) is 365 Å². The highest BCUT2D eigenvalue weighted by molar-refractivity contribution is 6.01. The van der Waals surface area contributed by atoms with Crippen molar-refractivity contribution in [3.63, 3.8) is 0 Å². The lowest BCUT2D eigenvalue weighted by Crippen LogP contribution is -2.39. The number of nitrogens with one attached hydrogen (secondary N) is 6. The van der Waals surface area contributed by atoms with E-state index in [2.05, 4.69) is 51.6 Å². The number of ether oxygens (including phenoxy) is 3. The van der Waals surface area contributed by atoms with Crippen LogP contribution >= 0.6 is 0 Å². The lowest BCUT2D eigenvalue weighted by atomic mass is 10.0. The number of benzene rings is 6. The number of nitrogens with zero attached hydrogens (tertiary/aromatic N) is 19. The number of amides is 9. The van der Waals surface area contributed by atoms with Crippen LogP contribution in [0.3, 0.4) is 0 Å². The zero-order valence-corrected chi connectivity index (χ0v) is 71.2. The molecule has 0 bridgehead atoms. The number of halogens is 1. The van der Waals surface area contributed by atoms with Gasteiger partial charge in [0, 0.05) is 155 Å². The van der Waals surface area contributed by atoms with E-state index in [1.54, 1.807) is 43.7 Å². The zero-order valence-electron chi connectivity index (χ0n) is 71.2. The molecule has 7 aromatic heterocycles. The predicted octanol–water partition coefficient (Wildman–Crippen LogP) is 12.6. The van der Waals surface area contributed by atoms with Gasteiger partial charge in [0.15, 0.2) is 34.4 Å². The first kappa shape index (κ1) is 85.7. The standard InChI is InChI=1S/C33H33N9O3.C30H33FN8O3.C30H34N8O3/c43-32(24-5-4-14-34-21-24)41-15-12-27(13-16-41)42-31-28(22-35-42)30(40-17-19-45-20-18-40)38-29(39-31)23-8-10-26(11-9-23)37-33(44)36-25-6-2-1-3-7-25;31-12-13-32-30(41)34-23-8-6-21(7-9-23)26-35-27(37-16-18-42-19-17-37)25-20-33-39(28(25)36-26)24-10-14-38(15-11-24)29(40)22-4-2-1-3-5-22;1-20-5-3-4-6-24(20)29(39)37-13-11-23(12-14-37)38-28-25(19-32-38)27(36-15-17-41-18-16-36)34-26(35-28)21-7-9-22(10-8-21)33-30(40)31-2/h1-11,14,21-22,27H,12-13,15-20H2,(H2,36,37,44);1-9,20,24H,10-19H2,(H2,32,34,41);3-10,19,23H,11-18H2,1-2H3,(H2,31,33,40). The van der Waals surface area contributed by atoms with E-state index in [4.69, 9.17) is 59.4 Å². The van der Waals surface area contributed by atoms with E-state index in [1.165, 1.54) is 0 Å². The number of aryl methyl sites for hydroxylation is 1. The summed E-state index contributed by atoms with van der Waals surface area (Å²) in [5, 5.41) is 33.3. The number of hydrogen-bond donors (Lipinski definition) is 6. The van der Waals surface area contributed by atoms with E-state index in [9.17, 15) is 33.2 Å². The average molecular weight is 1730 g/mol. The second kappa shape index (κ2) is 40.2. The van der Waals surface area contributed by atoms with Gasteiger partial charge in [-0.2, -0.15) is 15.3 Å². The number of carbonyl (C=O) groups is 6. The van der Waals surface area contributed by atoms with Crippen LogP contribution in [0.4, 0.5) is 59.0 Å². The third-order valence-corrected chi connectivity index (χ3v) is 23.7. The van der Waals surface area contributed by atoms with Crippen molar-refractivity contribution in [2.75, 3.05) is 174 Å². The van der Waals surface area contributed by atoms with Crippen LogP contribution in [0.2, 0.25) is 0 Å². The summed E-state index contributed by atoms with van der Waals surface area (Å²) in [6, 6.07) is 51.5. The Bertz CT molecular complexity index is 6030. The predicted molar refractivity (Wildman–Crippen MR) is 486 cm³/mol. The SMILES string of the molecule is CNC(=O)Nc1ccc(-c2nc(N3CCOCC3)c3cnn(C4CCN(C(=O)c5ccccc5C)CC4)c3n2)cc1.O=C(NCCF)Nc1ccc(-c2nc(N3CCOCC3)c3cnn(C4CCN(C(=O)c5ccccc5)CC4)c3n2)cc1.O=C(Nc1ccccc1)Nc1ccc(-c2nc(N3CCOCC3)c3cnn(C4CCN(C(=O)c5cccnc5)CC4)c3n2)cc1. The number of hydrogen-bond acceptors (Lipinski definition) is 22. The van der Waals surface area contributed by atoms with Crippen molar-refractivity contribution in [3.05, 3.63) is 223 Å². The first-order valence-corrected chi connectivity index (χ1v) is 43.4. The molecule has 6 aliphatic heterocycles. The van der Waals surface area contributed by atoms with Gasteiger partial charge in [0.1, 0.15) is 24.1 Å². The third kappa shape index (κ3) is 19.9. The minimum Gasteiger partial charge on any atom is -0.378 e. The molecule has 6 aliphatic rings. The van der Waals surface area contributed by atoms with E-state index in [0.717, 1.165) is 143 Å². The molecular weight excluding hydrogens is 1630 g/mol. The van der Waals surface area contributed by atoms with Gasteiger partial charge in [0.2, 0.25) is 0 Å². The Balaban J connectivity index is 0.000000135. The van der Waals surface area contributed by atoms with E-state index in [1.807, 2.05) is 200 Å². The van der Waals surface area contributed by atoms with E-state index in [0.29, 0.717) is 143 Å². The molecule has 6 aromatic carbocycles. The zero-order chi connectivity index (χ0) is 87.8. The summed E-state index contributed by atoms with van der Waals surface area (Å²) in [7, 11) is 1.58. The number of aromatic nitrogens is 13. The summed E-state index contributed by atoms with van der Waals surface area (Å²) < 4.78 is 35.1. The number of alkyl halides is 1. The van der Waals surface area contributed by atoms with Crippen molar-refractivity contribution in [3.8, 4) is 34.2 Å². The Hall–Kier alpha value is -14.5. The quantitative estimate of drug-likeness (QED) is 0.0465. The molecule has 0 atom stereocenters. The lowest BCUT2D eigenvalue weighted by Gasteiger charge is -2.32. The number of rotatable bonds is 18. The Morgan fingerprint density at radius 1 is 0.375 bits per heavy atom. The summed E-state index contributed by atoms with van der Waals surface area (Å²) >= 11 is 0. The molecule has 0 unspecified atom stereocenters. The van der Waals surface area contributed by atoms with Crippen molar-refractivity contribution in [2.45, 2.75) is 63.6 Å². The van der Waals surface area contributed by atoms with E-state index in [-0.39, 0.29) is 54.5 Å². The van der Waals surface area contributed by atoms with Gasteiger partial charge in [-0.25, -0.2) is 62.7 Å². The molecule has 0 aliphatic carbocycles. The lowest BCUT2D eigenvalue weighted by molar-refractivity contribution is 0.0683. The van der Waals surface area contributed by atoms with E-state index >= 15 is 0 Å². The van der Waals surface area contributed by atoms with Gasteiger partial charge >= 0.3 is 18.1 Å². The Morgan fingerprint density at radius 3 is 1.11 bits per heavy atom. The summed E-state index contributed by atoms with van der Waals surface area (Å²) in [5.41, 5.74) is 10.4. The summed E-state index contributed by atoms with van der Waals surface area (Å²) in [5.74, 6) is 4.36. The maximum absolute atomic E-state index is 13.2. The number of urea groups is 3. The molecule has 0 saturated carbocycles. The second-order valence-corrected chi connectivity index (χ2v) is 31.8. The monoisotopic (exact) mass is 1730 g/mol. The summed E-state index contributed by atoms with van der Waals surface area (Å²) in [6.45, 7) is 13.3. The normalized spacial score (nSPS) is 15.9. The maximum Gasteiger partial charge on any atom is 0.323 e. The van der Waals surface area contributed by atoms with Gasteiger partial charge in [-0.05, 0) is 166 Å². The minimum absolute atomic E-state index is 0.00146. The number of anilines is 7. The van der Waals surface area contributed by atoms with Crippen LogP contribution < -0.4 is 46.6 Å². The van der Waals surface area contributed by atoms with E-state index < -0.39 is 12.7 Å². The van der Waals surface area contributed by atoms with Crippen molar-refractivity contribution in [2.24, 2.45) is 0 Å². The van der Waals surface area contributed by atoms with Crippen LogP contribution in [0.5, 0.6) is 0 Å². The molecule has 13 heterocycles. The largest absolute Gasteiger partial charge is 0.378 e. The molecule has 128 heavy (non-hydrogen) atoms. The highest BCUT2D eigenvalue weighted by Gasteiger charge is 2.34. The third-order valence-electron chi connectivity index (χ3n) is 23.7. The van der Waals surface area contributed by atoms with Gasteiger partial charge in [-0.1, -0.05) is 54.6 Å². The molecule has 19 rings (SSSR count). The van der Waals surface area contributed by atoms with Gasteiger partial charge in [-0.15, -0.1) is 0 Å². The molecule has 34 nitrogen and oxygen atoms in total. The Kier molecular flexibility index (Phi) is 26.9. The summed E-state index contributed by atoms with van der Waals surface area (Å²) in [4.78, 5) is 122. The number of morpholine rings is 3. The van der Waals surface area contributed by atoms with Crippen molar-refractivity contribution in [1.29, 1.82) is 0 Å². The highest BCUT2D eigenvalue weighted by Crippen LogP contribution is 2.38. The van der Waals surface area contributed by atoms with Crippen molar-refractivity contribution >= 4 is 109 Å². The molecule has 35 heteroatoms. The first-order valence-electron chi connectivity index (χ1n) is 43.4. The van der Waals surface area contributed by atoms with Gasteiger partial charge in [0.05, 0.1) is 98.1 Å². The van der Waals surface area contributed by atoms with Gasteiger partial charge in [-0.3, -0.25) is 19.4 Å². The molecule has 658 valence electrons. The van der Waals surface area contributed by atoms with Crippen LogP contribution in [0, 0.1) is 6.92 Å². The summed E-state index contributed by atoms with van der Waals surface area (Å²) in [6.07, 6.45) is 13.5. The highest BCUT2D eigenvalue weighted by atomic mass is 19.1. The molecule has 6 N–H and O–H groups in total. The van der Waals surface area contributed by atoms with Crippen LogP contribution in [-0.4, -0.2) is 253 Å². The first-order chi connectivity index (χ1) is 62.7. The fraction of sp³-hybridized carbons (Fsp3) is 0.333. The molecule has 13 aromatic rings. The second-order valence-electron chi connectivity index (χ2n) is 31.8.